The summed E-state index contributed by atoms with van der Waals surface area (Å²) in [7, 11) is 0.867. The fourth-order valence-corrected chi connectivity index (χ4v) is 3.93. The van der Waals surface area contributed by atoms with Crippen LogP contribution < -0.4 is 11.2 Å². The van der Waals surface area contributed by atoms with Crippen LogP contribution in [0, 0.1) is 12.7 Å². The first kappa shape index (κ1) is 20.0. The van der Waals surface area contributed by atoms with E-state index in [1.165, 1.54) is 6.07 Å². The van der Waals surface area contributed by atoms with E-state index in [4.69, 9.17) is 0 Å². The molecule has 4 aromatic rings. The van der Waals surface area contributed by atoms with E-state index < -0.39 is 34.6 Å². The zero-order chi connectivity index (χ0) is 21.8. The summed E-state index contributed by atoms with van der Waals surface area (Å²) < 4.78 is 59.3. The molecule has 0 saturated heterocycles. The van der Waals surface area contributed by atoms with Crippen molar-refractivity contribution in [2.24, 2.45) is 7.05 Å². The average molecular weight is 436 g/mol. The zero-order valence-corrected chi connectivity index (χ0v) is 16.3. The molecule has 0 aliphatic heterocycles. The van der Waals surface area contributed by atoms with Gasteiger partial charge in [-0.25, -0.2) is 13.8 Å². The van der Waals surface area contributed by atoms with Crippen LogP contribution in [0.15, 0.2) is 46.1 Å². The van der Waals surface area contributed by atoms with E-state index in [2.05, 4.69) is 9.36 Å². The number of alkyl halides is 3. The molecule has 0 amide bonds. The van der Waals surface area contributed by atoms with E-state index in [0.717, 1.165) is 30.2 Å². The molecule has 154 valence electrons. The minimum atomic E-state index is -4.91. The minimum Gasteiger partial charge on any atom is -0.292 e. The maximum absolute atomic E-state index is 14.8. The third-order valence-electron chi connectivity index (χ3n) is 4.62. The molecule has 30 heavy (non-hydrogen) atoms. The quantitative estimate of drug-likeness (QED) is 0.450. The number of halogens is 4. The highest BCUT2D eigenvalue weighted by Gasteiger charge is 2.35. The molecule has 0 bridgehead atoms. The van der Waals surface area contributed by atoms with Gasteiger partial charge >= 0.3 is 11.9 Å². The summed E-state index contributed by atoms with van der Waals surface area (Å²) in [5.41, 5.74) is -2.72. The van der Waals surface area contributed by atoms with Crippen LogP contribution in [0.2, 0.25) is 0 Å². The van der Waals surface area contributed by atoms with Crippen LogP contribution in [0.4, 0.5) is 17.6 Å². The molecule has 3 aromatic heterocycles. The number of hydrogen-bond donors (Lipinski definition) is 0. The van der Waals surface area contributed by atoms with Crippen molar-refractivity contribution in [1.29, 1.82) is 0 Å². The van der Waals surface area contributed by atoms with Gasteiger partial charge in [0.15, 0.2) is 0 Å². The summed E-state index contributed by atoms with van der Waals surface area (Å²) in [6.45, 7) is 1.81. The van der Waals surface area contributed by atoms with Crippen LogP contribution in [0.25, 0.3) is 27.2 Å². The maximum atomic E-state index is 14.8. The van der Waals surface area contributed by atoms with E-state index in [9.17, 15) is 27.2 Å². The molecule has 0 N–H and O–H groups in total. The molecular formula is C19H12F4N4O2S. The normalized spacial score (nSPS) is 11.9. The molecule has 0 saturated carbocycles. The first-order valence-electron chi connectivity index (χ1n) is 8.51. The summed E-state index contributed by atoms with van der Waals surface area (Å²) in [6, 6.07) is 6.14. The summed E-state index contributed by atoms with van der Waals surface area (Å²) in [6.07, 6.45) is -3.34. The van der Waals surface area contributed by atoms with Crippen molar-refractivity contribution in [2.75, 3.05) is 0 Å². The molecule has 0 atom stereocenters. The monoisotopic (exact) mass is 436 g/mol. The highest BCUT2D eigenvalue weighted by molar-refractivity contribution is 7.13. The van der Waals surface area contributed by atoms with Gasteiger partial charge in [-0.2, -0.15) is 17.5 Å². The number of benzene rings is 1. The van der Waals surface area contributed by atoms with Gasteiger partial charge in [-0.1, -0.05) is 6.07 Å². The van der Waals surface area contributed by atoms with E-state index >= 15 is 0 Å². The lowest BCUT2D eigenvalue weighted by molar-refractivity contribution is -0.144. The van der Waals surface area contributed by atoms with Crippen LogP contribution in [0.3, 0.4) is 0 Å². The molecule has 6 nitrogen and oxygen atoms in total. The van der Waals surface area contributed by atoms with E-state index in [0.29, 0.717) is 26.0 Å². The first-order valence-corrected chi connectivity index (χ1v) is 9.28. The minimum absolute atomic E-state index is 0.265. The lowest BCUT2D eigenvalue weighted by Crippen LogP contribution is -2.41. The van der Waals surface area contributed by atoms with Crippen molar-refractivity contribution >= 4 is 21.6 Å². The van der Waals surface area contributed by atoms with Crippen LogP contribution in [-0.4, -0.2) is 18.5 Å². The lowest BCUT2D eigenvalue weighted by atomic mass is 10.1. The Labute approximate surface area is 169 Å². The van der Waals surface area contributed by atoms with Gasteiger partial charge in [0.2, 0.25) is 0 Å². The van der Waals surface area contributed by atoms with Crippen LogP contribution >= 0.6 is 11.5 Å². The Balaban J connectivity index is 2.02. The maximum Gasteiger partial charge on any atom is 0.431 e. The molecule has 11 heteroatoms. The van der Waals surface area contributed by atoms with E-state index in [-0.39, 0.29) is 10.6 Å². The standard InChI is InChI=1S/C19H12F4N4O2S/c1-9-4-3-5-24-16(9)17-10-6-12(11(20)7-13(10)30-25-17)27-15(28)8-14(19(21,22)23)26(2)18(27)29/h3-8H,1-2H3. The Morgan fingerprint density at radius 1 is 1.10 bits per heavy atom. The molecule has 4 rings (SSSR count). The van der Waals surface area contributed by atoms with Gasteiger partial charge in [0.1, 0.15) is 17.2 Å². The van der Waals surface area contributed by atoms with E-state index in [1.807, 2.05) is 13.0 Å². The van der Waals surface area contributed by atoms with Crippen LogP contribution in [0.5, 0.6) is 0 Å². The highest BCUT2D eigenvalue weighted by atomic mass is 32.1. The number of fused-ring (bicyclic) bond motifs is 1. The molecule has 3 heterocycles. The molecule has 0 aliphatic rings. The highest BCUT2D eigenvalue weighted by Crippen LogP contribution is 2.34. The number of hydrogen-bond acceptors (Lipinski definition) is 5. The number of aryl methyl sites for hydroxylation is 1. The lowest BCUT2D eigenvalue weighted by Gasteiger charge is -2.14. The van der Waals surface area contributed by atoms with Crippen molar-refractivity contribution in [3.8, 4) is 17.1 Å². The molecule has 0 unspecified atom stereocenters. The van der Waals surface area contributed by atoms with Crippen molar-refractivity contribution in [3.05, 3.63) is 74.4 Å². The largest absolute Gasteiger partial charge is 0.431 e. The summed E-state index contributed by atoms with van der Waals surface area (Å²) in [4.78, 5) is 29.2. The Hall–Kier alpha value is -3.34. The average Bonchev–Trinajstić information content (AvgIpc) is 3.07. The third kappa shape index (κ3) is 3.11. The second-order valence-corrected chi connectivity index (χ2v) is 7.35. The smallest absolute Gasteiger partial charge is 0.292 e. The Morgan fingerprint density at radius 3 is 2.50 bits per heavy atom. The molecular weight excluding hydrogens is 424 g/mol. The molecule has 0 fully saturated rings. The van der Waals surface area contributed by atoms with Crippen LogP contribution in [-0.2, 0) is 13.2 Å². The van der Waals surface area contributed by atoms with Gasteiger partial charge < -0.3 is 0 Å². The van der Waals surface area contributed by atoms with Gasteiger partial charge in [-0.05, 0) is 42.2 Å². The Morgan fingerprint density at radius 2 is 1.83 bits per heavy atom. The number of rotatable bonds is 2. The zero-order valence-electron chi connectivity index (χ0n) is 15.5. The topological polar surface area (TPSA) is 69.8 Å². The molecule has 1 aromatic carbocycles. The predicted molar refractivity (Wildman–Crippen MR) is 103 cm³/mol. The van der Waals surface area contributed by atoms with Crippen molar-refractivity contribution in [1.82, 2.24) is 18.5 Å². The second kappa shape index (κ2) is 6.87. The van der Waals surface area contributed by atoms with Gasteiger partial charge in [0.05, 0.1) is 16.1 Å². The summed E-state index contributed by atoms with van der Waals surface area (Å²) in [5.74, 6) is -0.936. The number of nitrogens with zero attached hydrogens (tertiary/aromatic N) is 4. The van der Waals surface area contributed by atoms with E-state index in [1.54, 1.807) is 12.3 Å². The van der Waals surface area contributed by atoms with Crippen LogP contribution in [0.1, 0.15) is 11.3 Å². The fraction of sp³-hybridized carbons (Fsp3) is 0.158. The Kier molecular flexibility index (Phi) is 4.57. The number of aromatic nitrogens is 4. The van der Waals surface area contributed by atoms with Gasteiger partial charge in [-0.15, -0.1) is 0 Å². The van der Waals surface area contributed by atoms with Gasteiger partial charge in [0.25, 0.3) is 5.56 Å². The summed E-state index contributed by atoms with van der Waals surface area (Å²) in [5, 5.41) is 0.423. The molecule has 0 spiro atoms. The van der Waals surface area contributed by atoms with Gasteiger partial charge in [-0.3, -0.25) is 14.3 Å². The summed E-state index contributed by atoms with van der Waals surface area (Å²) >= 11 is 1.00. The van der Waals surface area contributed by atoms with Crippen molar-refractivity contribution in [2.45, 2.75) is 13.1 Å². The fourth-order valence-electron chi connectivity index (χ4n) is 3.14. The molecule has 0 aliphatic carbocycles. The predicted octanol–water partition coefficient (Wildman–Crippen LogP) is 3.67. The van der Waals surface area contributed by atoms with Crippen molar-refractivity contribution < 1.29 is 17.6 Å². The third-order valence-corrected chi connectivity index (χ3v) is 5.43. The second-order valence-electron chi connectivity index (χ2n) is 6.54. The Bertz CT molecular complexity index is 1420. The number of pyridine rings is 1. The first-order chi connectivity index (χ1) is 14.1. The van der Waals surface area contributed by atoms with Crippen molar-refractivity contribution in [3.63, 3.8) is 0 Å². The van der Waals surface area contributed by atoms with Gasteiger partial charge in [0, 0.05) is 24.7 Å². The SMILES string of the molecule is Cc1cccnc1-c1nsc2cc(F)c(-n3c(=O)cc(C(F)(F)F)n(C)c3=O)cc12. The molecule has 0 radical (unpaired) electrons.